The van der Waals surface area contributed by atoms with Crippen molar-refractivity contribution in [1.29, 1.82) is 0 Å². The van der Waals surface area contributed by atoms with Crippen molar-refractivity contribution < 1.29 is 13.2 Å². The maximum Gasteiger partial charge on any atom is 0.216 e. The Bertz CT molecular complexity index is 1080. The van der Waals surface area contributed by atoms with Gasteiger partial charge >= 0.3 is 0 Å². The van der Waals surface area contributed by atoms with Crippen LogP contribution in [0.3, 0.4) is 0 Å². The first-order valence-electron chi connectivity index (χ1n) is 9.59. The highest BCUT2D eigenvalue weighted by Crippen LogP contribution is 2.26. The van der Waals surface area contributed by atoms with E-state index in [0.29, 0.717) is 24.7 Å². The van der Waals surface area contributed by atoms with Crippen LogP contribution in [0.5, 0.6) is 0 Å². The first-order valence-corrected chi connectivity index (χ1v) is 12.1. The van der Waals surface area contributed by atoms with Crippen LogP contribution in [0.2, 0.25) is 0 Å². The molecule has 1 aliphatic rings. The van der Waals surface area contributed by atoms with Crippen LogP contribution in [-0.2, 0) is 14.8 Å². The molecule has 1 aliphatic heterocycles. The molecule has 0 aliphatic carbocycles. The number of sulfonamides is 1. The van der Waals surface area contributed by atoms with Crippen LogP contribution in [0.25, 0.3) is 22.3 Å². The predicted octanol–water partition coefficient (Wildman–Crippen LogP) is 3.21. The molecule has 1 saturated heterocycles. The predicted molar refractivity (Wildman–Crippen MR) is 117 cm³/mol. The van der Waals surface area contributed by atoms with Gasteiger partial charge in [0, 0.05) is 36.0 Å². The molecule has 0 spiro atoms. The average Bonchev–Trinajstić information content (AvgIpc) is 3.22. The molecule has 0 bridgehead atoms. The van der Waals surface area contributed by atoms with Gasteiger partial charge in [-0.25, -0.2) is 18.4 Å². The third-order valence-electron chi connectivity index (χ3n) is 4.81. The largest absolute Gasteiger partial charge is 0.373 e. The third kappa shape index (κ3) is 4.58. The molecule has 154 valence electrons. The highest BCUT2D eigenvalue weighted by molar-refractivity contribution is 7.89. The Morgan fingerprint density at radius 1 is 1.17 bits per heavy atom. The number of nitrogens with zero attached hydrogens (tertiary/aromatic N) is 3. The van der Waals surface area contributed by atoms with Gasteiger partial charge in [-0.05, 0) is 37.4 Å². The van der Waals surface area contributed by atoms with Gasteiger partial charge in [0.05, 0.1) is 23.5 Å². The molecule has 1 N–H and O–H groups in total. The van der Waals surface area contributed by atoms with Gasteiger partial charge in [0.1, 0.15) is 5.82 Å². The van der Waals surface area contributed by atoms with Crippen molar-refractivity contribution in [3.63, 3.8) is 0 Å². The highest BCUT2D eigenvalue weighted by Gasteiger charge is 2.30. The molecule has 0 radical (unpaired) electrons. The topological polar surface area (TPSA) is 84.4 Å². The zero-order chi connectivity index (χ0) is 20.4. The van der Waals surface area contributed by atoms with Gasteiger partial charge in [0.2, 0.25) is 10.0 Å². The van der Waals surface area contributed by atoms with Crippen LogP contribution in [0.1, 0.15) is 13.8 Å². The van der Waals surface area contributed by atoms with Crippen LogP contribution < -0.4 is 5.32 Å². The van der Waals surface area contributed by atoms with Crippen molar-refractivity contribution >= 4 is 38.1 Å². The van der Waals surface area contributed by atoms with Gasteiger partial charge in [-0.15, -0.1) is 0 Å². The lowest BCUT2D eigenvalue weighted by Crippen LogP contribution is -2.49. The standard InChI is InChI=1S/C20H24N4O3S2/c1-14-11-24(12-15(2)27-14)29(25,26)10-8-21-20-17-5-3-4-6-18(17)22-19(23-20)16-7-9-28-13-16/h3-7,9,13-15H,8,10-12H2,1-2H3,(H,21,22,23)/t14-,15-/m1/s1. The molecule has 0 unspecified atom stereocenters. The van der Waals surface area contributed by atoms with E-state index in [9.17, 15) is 8.42 Å². The lowest BCUT2D eigenvalue weighted by Gasteiger charge is -2.34. The summed E-state index contributed by atoms with van der Waals surface area (Å²) in [6.45, 7) is 4.86. The van der Waals surface area contributed by atoms with E-state index < -0.39 is 10.0 Å². The van der Waals surface area contributed by atoms with Gasteiger partial charge in [-0.3, -0.25) is 0 Å². The van der Waals surface area contributed by atoms with E-state index in [2.05, 4.69) is 15.3 Å². The normalized spacial score (nSPS) is 20.8. The maximum absolute atomic E-state index is 12.8. The molecule has 0 amide bonds. The summed E-state index contributed by atoms with van der Waals surface area (Å²) < 4.78 is 32.7. The number of aromatic nitrogens is 2. The summed E-state index contributed by atoms with van der Waals surface area (Å²) in [5.41, 5.74) is 1.78. The maximum atomic E-state index is 12.8. The Labute approximate surface area is 174 Å². The summed E-state index contributed by atoms with van der Waals surface area (Å²) in [5.74, 6) is 1.28. The van der Waals surface area contributed by atoms with E-state index in [1.54, 1.807) is 11.3 Å². The average molecular weight is 433 g/mol. The fraction of sp³-hybridized carbons (Fsp3) is 0.400. The number of nitrogens with one attached hydrogen (secondary N) is 1. The van der Waals surface area contributed by atoms with Crippen LogP contribution in [-0.4, -0.2) is 60.3 Å². The first-order chi connectivity index (χ1) is 13.9. The van der Waals surface area contributed by atoms with Crippen molar-refractivity contribution in [2.75, 3.05) is 30.7 Å². The van der Waals surface area contributed by atoms with Crippen molar-refractivity contribution in [2.24, 2.45) is 0 Å². The highest BCUT2D eigenvalue weighted by atomic mass is 32.2. The van der Waals surface area contributed by atoms with Crippen molar-refractivity contribution in [3.05, 3.63) is 41.1 Å². The number of anilines is 1. The van der Waals surface area contributed by atoms with Crippen molar-refractivity contribution in [1.82, 2.24) is 14.3 Å². The molecule has 4 rings (SSSR count). The second-order valence-corrected chi connectivity index (χ2v) is 10.1. The molecule has 29 heavy (non-hydrogen) atoms. The minimum atomic E-state index is -3.38. The number of ether oxygens (including phenoxy) is 1. The van der Waals surface area contributed by atoms with E-state index in [-0.39, 0.29) is 24.5 Å². The Hall–Kier alpha value is -2.07. The quantitative estimate of drug-likeness (QED) is 0.644. The van der Waals surface area contributed by atoms with E-state index in [1.165, 1.54) is 4.31 Å². The fourth-order valence-corrected chi connectivity index (χ4v) is 5.64. The van der Waals surface area contributed by atoms with Crippen LogP contribution in [0, 0.1) is 0 Å². The van der Waals surface area contributed by atoms with E-state index in [4.69, 9.17) is 4.74 Å². The number of para-hydroxylation sites is 1. The number of benzene rings is 1. The number of rotatable bonds is 6. The summed E-state index contributed by atoms with van der Waals surface area (Å²) >= 11 is 1.59. The third-order valence-corrected chi connectivity index (χ3v) is 7.30. The molecule has 7 nitrogen and oxygen atoms in total. The van der Waals surface area contributed by atoms with Crippen molar-refractivity contribution in [2.45, 2.75) is 26.1 Å². The molecule has 2 atom stereocenters. The van der Waals surface area contributed by atoms with Crippen LogP contribution in [0.15, 0.2) is 41.1 Å². The number of thiophene rings is 1. The zero-order valence-electron chi connectivity index (χ0n) is 16.4. The summed E-state index contributed by atoms with van der Waals surface area (Å²) in [6.07, 6.45) is -0.194. The van der Waals surface area contributed by atoms with Crippen LogP contribution >= 0.6 is 11.3 Å². The van der Waals surface area contributed by atoms with Gasteiger partial charge in [0.25, 0.3) is 0 Å². The lowest BCUT2D eigenvalue weighted by molar-refractivity contribution is -0.0440. The Morgan fingerprint density at radius 2 is 1.93 bits per heavy atom. The Balaban J connectivity index is 1.52. The van der Waals surface area contributed by atoms with Crippen molar-refractivity contribution in [3.8, 4) is 11.4 Å². The monoisotopic (exact) mass is 432 g/mol. The summed E-state index contributed by atoms with van der Waals surface area (Å²) in [5, 5.41) is 8.08. The number of fused-ring (bicyclic) bond motifs is 1. The smallest absolute Gasteiger partial charge is 0.216 e. The molecule has 1 aromatic carbocycles. The minimum Gasteiger partial charge on any atom is -0.373 e. The van der Waals surface area contributed by atoms with Crippen LogP contribution in [0.4, 0.5) is 5.82 Å². The molecular formula is C20H24N4O3S2. The second-order valence-electron chi connectivity index (χ2n) is 7.24. The van der Waals surface area contributed by atoms with E-state index in [0.717, 1.165) is 16.5 Å². The molecule has 3 heterocycles. The Kier molecular flexibility index (Phi) is 5.82. The fourth-order valence-electron chi connectivity index (χ4n) is 3.52. The first kappa shape index (κ1) is 20.2. The molecule has 0 saturated carbocycles. The van der Waals surface area contributed by atoms with Gasteiger partial charge in [0.15, 0.2) is 5.82 Å². The summed E-state index contributed by atoms with van der Waals surface area (Å²) in [4.78, 5) is 9.30. The van der Waals surface area contributed by atoms with Gasteiger partial charge < -0.3 is 10.1 Å². The van der Waals surface area contributed by atoms with E-state index >= 15 is 0 Å². The molecule has 9 heteroatoms. The molecule has 1 fully saturated rings. The van der Waals surface area contributed by atoms with E-state index in [1.807, 2.05) is 54.9 Å². The van der Waals surface area contributed by atoms with Gasteiger partial charge in [-0.2, -0.15) is 15.6 Å². The number of hydrogen-bond donors (Lipinski definition) is 1. The Morgan fingerprint density at radius 3 is 2.66 bits per heavy atom. The second kappa shape index (κ2) is 8.35. The lowest BCUT2D eigenvalue weighted by atomic mass is 10.2. The number of morpholine rings is 1. The zero-order valence-corrected chi connectivity index (χ0v) is 18.0. The molecular weight excluding hydrogens is 408 g/mol. The summed E-state index contributed by atoms with van der Waals surface area (Å²) in [6, 6.07) is 9.71. The molecule has 2 aromatic heterocycles. The molecule has 3 aromatic rings. The number of hydrogen-bond acceptors (Lipinski definition) is 7. The SMILES string of the molecule is C[C@@H]1CN(S(=O)(=O)CCNc2nc(-c3ccsc3)nc3ccccc23)C[C@@H](C)O1. The van der Waals surface area contributed by atoms with Gasteiger partial charge in [-0.1, -0.05) is 12.1 Å². The summed E-state index contributed by atoms with van der Waals surface area (Å²) in [7, 11) is -3.38. The minimum absolute atomic E-state index is 0.00143.